The first-order valence-electron chi connectivity index (χ1n) is 5.60. The van der Waals surface area contributed by atoms with Crippen LogP contribution in [0.25, 0.3) is 0 Å². The second-order valence-electron chi connectivity index (χ2n) is 5.45. The Kier molecular flexibility index (Phi) is 2.57. The van der Waals surface area contributed by atoms with E-state index in [1.165, 1.54) is 5.56 Å². The highest BCUT2D eigenvalue weighted by Gasteiger charge is 2.24. The first-order chi connectivity index (χ1) is 6.98. The van der Waals surface area contributed by atoms with Gasteiger partial charge in [0.1, 0.15) is 5.82 Å². The van der Waals surface area contributed by atoms with E-state index >= 15 is 0 Å². The molecule has 1 aliphatic rings. The molecule has 81 valence electrons. The van der Waals surface area contributed by atoms with Crippen molar-refractivity contribution >= 4 is 0 Å². The van der Waals surface area contributed by atoms with Crippen LogP contribution in [0.2, 0.25) is 0 Å². The molecule has 0 atom stereocenters. The highest BCUT2D eigenvalue weighted by atomic mass is 19.1. The number of halogens is 1. The predicted molar refractivity (Wildman–Crippen MR) is 61.4 cm³/mol. The molecule has 0 heterocycles. The molecule has 0 bridgehead atoms. The lowest BCUT2D eigenvalue weighted by molar-refractivity contribution is 0.509. The summed E-state index contributed by atoms with van der Waals surface area (Å²) < 4.78 is 13.6. The van der Waals surface area contributed by atoms with Crippen LogP contribution in [0.4, 0.5) is 4.39 Å². The lowest BCUT2D eigenvalue weighted by atomic mass is 9.77. The molecule has 0 aliphatic heterocycles. The largest absolute Gasteiger partial charge is 0.207 e. The third-order valence-corrected chi connectivity index (χ3v) is 3.17. The van der Waals surface area contributed by atoms with Crippen LogP contribution in [0.15, 0.2) is 18.2 Å². The molecule has 0 nitrogen and oxygen atoms in total. The summed E-state index contributed by atoms with van der Waals surface area (Å²) >= 11 is 0. The van der Waals surface area contributed by atoms with E-state index in [4.69, 9.17) is 0 Å². The summed E-state index contributed by atoms with van der Waals surface area (Å²) in [6, 6.07) is 5.60. The molecule has 15 heavy (non-hydrogen) atoms. The van der Waals surface area contributed by atoms with Crippen molar-refractivity contribution in [1.82, 2.24) is 0 Å². The third-order valence-electron chi connectivity index (χ3n) is 3.17. The molecule has 0 unspecified atom stereocenters. The maximum Gasteiger partial charge on any atom is 0.126 e. The standard InChI is InChI=1S/C14H18F/c1-14(2,3)12-9-11(7-8-13(12)15)10-5-4-6-10/h4,7-10H,5-6H2,1-3H3. The van der Waals surface area contributed by atoms with E-state index < -0.39 is 0 Å². The van der Waals surface area contributed by atoms with Crippen molar-refractivity contribution < 1.29 is 4.39 Å². The van der Waals surface area contributed by atoms with Gasteiger partial charge in [0.25, 0.3) is 0 Å². The fourth-order valence-electron chi connectivity index (χ4n) is 1.98. The molecule has 0 aromatic heterocycles. The van der Waals surface area contributed by atoms with Crippen LogP contribution in [-0.2, 0) is 5.41 Å². The average molecular weight is 205 g/mol. The minimum atomic E-state index is -0.104. The van der Waals surface area contributed by atoms with Crippen LogP contribution in [-0.4, -0.2) is 0 Å². The number of rotatable bonds is 1. The first-order valence-corrected chi connectivity index (χ1v) is 5.60. The topological polar surface area (TPSA) is 0 Å². The van der Waals surface area contributed by atoms with E-state index in [2.05, 4.69) is 27.2 Å². The van der Waals surface area contributed by atoms with E-state index in [-0.39, 0.29) is 11.2 Å². The smallest absolute Gasteiger partial charge is 0.126 e. The zero-order valence-corrected chi connectivity index (χ0v) is 9.68. The second-order valence-corrected chi connectivity index (χ2v) is 5.45. The van der Waals surface area contributed by atoms with Crippen LogP contribution in [0, 0.1) is 12.2 Å². The lowest BCUT2D eigenvalue weighted by Gasteiger charge is -2.28. The summed E-state index contributed by atoms with van der Waals surface area (Å²) in [4.78, 5) is 0. The lowest BCUT2D eigenvalue weighted by Crippen LogP contribution is -2.16. The first kappa shape index (κ1) is 10.7. The second kappa shape index (κ2) is 3.62. The monoisotopic (exact) mass is 205 g/mol. The van der Waals surface area contributed by atoms with Crippen molar-refractivity contribution in [3.8, 4) is 0 Å². The molecule has 0 spiro atoms. The van der Waals surface area contributed by atoms with Gasteiger partial charge in [0, 0.05) is 0 Å². The molecule has 1 aromatic carbocycles. The predicted octanol–water partition coefficient (Wildman–Crippen LogP) is 4.20. The Hall–Kier alpha value is -0.850. The van der Waals surface area contributed by atoms with E-state index in [0.29, 0.717) is 5.92 Å². The SMILES string of the molecule is CC(C)(C)c1cc(C2C[CH]C2)ccc1F. The maximum atomic E-state index is 13.6. The number of hydrogen-bond acceptors (Lipinski definition) is 0. The van der Waals surface area contributed by atoms with Crippen molar-refractivity contribution in [2.75, 3.05) is 0 Å². The zero-order chi connectivity index (χ0) is 11.1. The van der Waals surface area contributed by atoms with Crippen LogP contribution in [0.3, 0.4) is 0 Å². The van der Waals surface area contributed by atoms with Crippen molar-refractivity contribution in [3.63, 3.8) is 0 Å². The molecular weight excluding hydrogens is 187 g/mol. The molecule has 0 saturated heterocycles. The Bertz CT molecular complexity index is 356. The molecule has 2 rings (SSSR count). The van der Waals surface area contributed by atoms with Crippen molar-refractivity contribution in [2.45, 2.75) is 44.9 Å². The zero-order valence-electron chi connectivity index (χ0n) is 9.68. The van der Waals surface area contributed by atoms with Crippen molar-refractivity contribution in [1.29, 1.82) is 0 Å². The average Bonchev–Trinajstić information content (AvgIpc) is 2.03. The van der Waals surface area contributed by atoms with E-state index in [1.54, 1.807) is 6.07 Å². The summed E-state index contributed by atoms with van der Waals surface area (Å²) in [5.41, 5.74) is 2.03. The van der Waals surface area contributed by atoms with Gasteiger partial charge in [-0.3, -0.25) is 0 Å². The maximum absolute atomic E-state index is 13.6. The summed E-state index contributed by atoms with van der Waals surface area (Å²) in [6.07, 6.45) is 4.58. The summed E-state index contributed by atoms with van der Waals surface area (Å²) in [6.45, 7) is 6.17. The minimum Gasteiger partial charge on any atom is -0.207 e. The van der Waals surface area contributed by atoms with Gasteiger partial charge < -0.3 is 0 Å². The van der Waals surface area contributed by atoms with E-state index in [1.807, 2.05) is 12.1 Å². The van der Waals surface area contributed by atoms with Gasteiger partial charge in [-0.05, 0) is 47.8 Å². The van der Waals surface area contributed by atoms with Gasteiger partial charge in [-0.1, -0.05) is 32.9 Å². The molecular formula is C14H18F. The van der Waals surface area contributed by atoms with Crippen LogP contribution in [0.1, 0.15) is 50.7 Å². The van der Waals surface area contributed by atoms with Gasteiger partial charge in [0.15, 0.2) is 0 Å². The Morgan fingerprint density at radius 3 is 2.33 bits per heavy atom. The molecule has 1 saturated carbocycles. The molecule has 1 radical (unpaired) electrons. The molecule has 1 fully saturated rings. The summed E-state index contributed by atoms with van der Waals surface area (Å²) in [5.74, 6) is 0.557. The fraction of sp³-hybridized carbons (Fsp3) is 0.500. The number of hydrogen-bond donors (Lipinski definition) is 0. The van der Waals surface area contributed by atoms with Gasteiger partial charge >= 0.3 is 0 Å². The molecule has 0 amide bonds. The van der Waals surface area contributed by atoms with Crippen LogP contribution >= 0.6 is 0 Å². The van der Waals surface area contributed by atoms with Gasteiger partial charge in [-0.15, -0.1) is 0 Å². The van der Waals surface area contributed by atoms with Gasteiger partial charge in [0.05, 0.1) is 0 Å². The minimum absolute atomic E-state index is 0.0745. The highest BCUT2D eigenvalue weighted by Crippen LogP contribution is 2.37. The summed E-state index contributed by atoms with van der Waals surface area (Å²) in [7, 11) is 0. The quantitative estimate of drug-likeness (QED) is 0.644. The van der Waals surface area contributed by atoms with E-state index in [0.717, 1.165) is 18.4 Å². The summed E-state index contributed by atoms with van der Waals surface area (Å²) in [5, 5.41) is 0. The van der Waals surface area contributed by atoms with Crippen LogP contribution in [0.5, 0.6) is 0 Å². The molecule has 1 aromatic rings. The third kappa shape index (κ3) is 2.06. The normalized spacial score (nSPS) is 17.6. The Morgan fingerprint density at radius 1 is 1.20 bits per heavy atom. The van der Waals surface area contributed by atoms with E-state index in [9.17, 15) is 4.39 Å². The van der Waals surface area contributed by atoms with Crippen molar-refractivity contribution in [3.05, 3.63) is 41.6 Å². The van der Waals surface area contributed by atoms with Gasteiger partial charge in [-0.2, -0.15) is 0 Å². The van der Waals surface area contributed by atoms with Gasteiger partial charge in [0.2, 0.25) is 0 Å². The highest BCUT2D eigenvalue weighted by molar-refractivity contribution is 5.33. The van der Waals surface area contributed by atoms with Crippen molar-refractivity contribution in [2.24, 2.45) is 0 Å². The van der Waals surface area contributed by atoms with Crippen LogP contribution < -0.4 is 0 Å². The molecule has 0 N–H and O–H groups in total. The Balaban J connectivity index is 2.36. The number of benzene rings is 1. The molecule has 1 aliphatic carbocycles. The fourth-order valence-corrected chi connectivity index (χ4v) is 1.98. The van der Waals surface area contributed by atoms with Gasteiger partial charge in [-0.25, -0.2) is 4.39 Å². The molecule has 1 heteroatoms. The Morgan fingerprint density at radius 2 is 1.87 bits per heavy atom. The Labute approximate surface area is 91.5 Å².